The minimum atomic E-state index is -0.274. The van der Waals surface area contributed by atoms with Gasteiger partial charge < -0.3 is 4.57 Å². The molecule has 1 amide bonds. The van der Waals surface area contributed by atoms with Crippen LogP contribution in [0.1, 0.15) is 25.9 Å². The number of aryl methyl sites for hydroxylation is 2. The van der Waals surface area contributed by atoms with Crippen molar-refractivity contribution in [3.63, 3.8) is 0 Å². The molecule has 0 atom stereocenters. The Balaban J connectivity index is 2.27. The Hall–Kier alpha value is -1.47. The Bertz CT molecular complexity index is 647. The molecule has 2 aromatic heterocycles. The quantitative estimate of drug-likeness (QED) is 0.917. The first-order chi connectivity index (χ1) is 8.40. The van der Waals surface area contributed by atoms with E-state index in [4.69, 9.17) is 0 Å². The van der Waals surface area contributed by atoms with Crippen LogP contribution in [0.3, 0.4) is 0 Å². The SMILES string of the molecule is Cc1nc(NC(=O)c2sc(=O)n(C)c2C)sc1C. The van der Waals surface area contributed by atoms with Gasteiger partial charge in [0.25, 0.3) is 5.91 Å². The van der Waals surface area contributed by atoms with E-state index in [1.165, 1.54) is 15.9 Å². The molecule has 1 N–H and O–H groups in total. The molecule has 0 saturated heterocycles. The third-order valence-corrected chi connectivity index (χ3v) is 4.87. The van der Waals surface area contributed by atoms with Gasteiger partial charge in [0.15, 0.2) is 5.13 Å². The van der Waals surface area contributed by atoms with Crippen LogP contribution in [0.4, 0.5) is 5.13 Å². The zero-order valence-electron chi connectivity index (χ0n) is 10.5. The van der Waals surface area contributed by atoms with Crippen molar-refractivity contribution >= 4 is 33.7 Å². The van der Waals surface area contributed by atoms with Crippen molar-refractivity contribution in [2.75, 3.05) is 5.32 Å². The summed E-state index contributed by atoms with van der Waals surface area (Å²) < 4.78 is 1.47. The van der Waals surface area contributed by atoms with E-state index in [-0.39, 0.29) is 10.8 Å². The Kier molecular flexibility index (Phi) is 3.36. The number of thiazole rings is 2. The van der Waals surface area contributed by atoms with Gasteiger partial charge in [0.1, 0.15) is 4.88 Å². The molecule has 0 saturated carbocycles. The highest BCUT2D eigenvalue weighted by Crippen LogP contribution is 2.22. The van der Waals surface area contributed by atoms with Gasteiger partial charge in [0, 0.05) is 17.6 Å². The zero-order chi connectivity index (χ0) is 13.4. The summed E-state index contributed by atoms with van der Waals surface area (Å²) in [4.78, 5) is 29.1. The molecule has 2 aromatic rings. The lowest BCUT2D eigenvalue weighted by Gasteiger charge is -2.00. The van der Waals surface area contributed by atoms with Crippen LogP contribution in [-0.4, -0.2) is 15.5 Å². The van der Waals surface area contributed by atoms with Gasteiger partial charge in [-0.1, -0.05) is 11.3 Å². The number of nitrogens with one attached hydrogen (secondary N) is 1. The summed E-state index contributed by atoms with van der Waals surface area (Å²) in [6.45, 7) is 5.60. The Morgan fingerprint density at radius 1 is 1.28 bits per heavy atom. The van der Waals surface area contributed by atoms with E-state index in [1.54, 1.807) is 14.0 Å². The van der Waals surface area contributed by atoms with Crippen molar-refractivity contribution in [1.29, 1.82) is 0 Å². The first kappa shape index (κ1) is 13.0. The van der Waals surface area contributed by atoms with E-state index in [9.17, 15) is 9.59 Å². The van der Waals surface area contributed by atoms with Gasteiger partial charge in [-0.3, -0.25) is 14.9 Å². The van der Waals surface area contributed by atoms with Crippen molar-refractivity contribution < 1.29 is 4.79 Å². The number of hydrogen-bond acceptors (Lipinski definition) is 5. The summed E-state index contributed by atoms with van der Waals surface area (Å²) >= 11 is 2.38. The number of nitrogens with zero attached hydrogens (tertiary/aromatic N) is 2. The number of rotatable bonds is 2. The first-order valence-electron chi connectivity index (χ1n) is 5.32. The number of hydrogen-bond donors (Lipinski definition) is 1. The number of aromatic nitrogens is 2. The maximum absolute atomic E-state index is 12.0. The van der Waals surface area contributed by atoms with Crippen molar-refractivity contribution in [3.8, 4) is 0 Å². The molecule has 0 spiro atoms. The third kappa shape index (κ3) is 2.23. The van der Waals surface area contributed by atoms with E-state index in [2.05, 4.69) is 10.3 Å². The minimum absolute atomic E-state index is 0.135. The molecule has 0 fully saturated rings. The number of carbonyl (C=O) groups excluding carboxylic acids is 1. The van der Waals surface area contributed by atoms with Crippen LogP contribution in [0.25, 0.3) is 0 Å². The molecule has 7 heteroatoms. The van der Waals surface area contributed by atoms with Gasteiger partial charge in [-0.25, -0.2) is 4.98 Å². The van der Waals surface area contributed by atoms with Crippen molar-refractivity contribution in [2.24, 2.45) is 7.05 Å². The zero-order valence-corrected chi connectivity index (χ0v) is 12.2. The lowest BCUT2D eigenvalue weighted by atomic mass is 10.4. The topological polar surface area (TPSA) is 64.0 Å². The highest BCUT2D eigenvalue weighted by Gasteiger charge is 2.17. The summed E-state index contributed by atoms with van der Waals surface area (Å²) in [5.74, 6) is -0.274. The summed E-state index contributed by atoms with van der Waals surface area (Å²) in [6, 6.07) is 0. The van der Waals surface area contributed by atoms with Crippen molar-refractivity contribution in [2.45, 2.75) is 20.8 Å². The molecular weight excluding hydrogens is 270 g/mol. The molecule has 5 nitrogen and oxygen atoms in total. The second-order valence-corrected chi connectivity index (χ2v) is 6.12. The summed E-state index contributed by atoms with van der Waals surface area (Å²) in [7, 11) is 1.66. The molecule has 0 bridgehead atoms. The smallest absolute Gasteiger partial charge is 0.306 e. The predicted octanol–water partition coefficient (Wildman–Crippen LogP) is 2.08. The van der Waals surface area contributed by atoms with Crippen LogP contribution in [0.5, 0.6) is 0 Å². The normalized spacial score (nSPS) is 10.7. The second kappa shape index (κ2) is 4.66. The van der Waals surface area contributed by atoms with Gasteiger partial charge in [0.2, 0.25) is 0 Å². The number of anilines is 1. The van der Waals surface area contributed by atoms with Crippen LogP contribution in [0, 0.1) is 20.8 Å². The lowest BCUT2D eigenvalue weighted by Crippen LogP contribution is -2.12. The van der Waals surface area contributed by atoms with E-state index in [0.717, 1.165) is 21.9 Å². The molecule has 0 radical (unpaired) electrons. The largest absolute Gasteiger partial charge is 0.307 e. The maximum atomic E-state index is 12.0. The monoisotopic (exact) mass is 283 g/mol. The lowest BCUT2D eigenvalue weighted by molar-refractivity contribution is 0.102. The van der Waals surface area contributed by atoms with Crippen LogP contribution in [0.15, 0.2) is 4.79 Å². The Morgan fingerprint density at radius 3 is 2.39 bits per heavy atom. The third-order valence-electron chi connectivity index (χ3n) is 2.75. The molecule has 96 valence electrons. The van der Waals surface area contributed by atoms with Crippen LogP contribution in [-0.2, 0) is 7.05 Å². The minimum Gasteiger partial charge on any atom is -0.306 e. The summed E-state index contributed by atoms with van der Waals surface area (Å²) in [6.07, 6.45) is 0. The molecule has 2 heterocycles. The standard InChI is InChI=1S/C11H13N3O2S2/c1-5-7(3)17-10(12-5)13-9(15)8-6(2)14(4)11(16)18-8/h1-4H3,(H,12,13,15). The molecule has 0 aliphatic carbocycles. The molecule has 0 aromatic carbocycles. The Labute approximate surface area is 112 Å². The maximum Gasteiger partial charge on any atom is 0.307 e. The molecule has 0 aliphatic heterocycles. The highest BCUT2D eigenvalue weighted by atomic mass is 32.1. The average molecular weight is 283 g/mol. The van der Waals surface area contributed by atoms with Gasteiger partial charge in [-0.05, 0) is 20.8 Å². The van der Waals surface area contributed by atoms with Crippen LogP contribution >= 0.6 is 22.7 Å². The van der Waals surface area contributed by atoms with Crippen LogP contribution in [0.2, 0.25) is 0 Å². The van der Waals surface area contributed by atoms with E-state index in [1.807, 2.05) is 13.8 Å². The van der Waals surface area contributed by atoms with Gasteiger partial charge in [0.05, 0.1) is 5.69 Å². The summed E-state index contributed by atoms with van der Waals surface area (Å²) in [5, 5.41) is 3.30. The summed E-state index contributed by atoms with van der Waals surface area (Å²) in [5.41, 5.74) is 1.58. The average Bonchev–Trinajstić information content (AvgIpc) is 2.74. The van der Waals surface area contributed by atoms with Gasteiger partial charge >= 0.3 is 4.87 Å². The highest BCUT2D eigenvalue weighted by molar-refractivity contribution is 7.16. The van der Waals surface area contributed by atoms with E-state index < -0.39 is 0 Å². The fourth-order valence-electron chi connectivity index (χ4n) is 1.41. The van der Waals surface area contributed by atoms with Gasteiger partial charge in [-0.15, -0.1) is 11.3 Å². The second-order valence-electron chi connectivity index (χ2n) is 3.96. The van der Waals surface area contributed by atoms with E-state index in [0.29, 0.717) is 15.7 Å². The molecule has 0 aliphatic rings. The molecule has 2 rings (SSSR count). The fraction of sp³-hybridized carbons (Fsp3) is 0.364. The van der Waals surface area contributed by atoms with Crippen molar-refractivity contribution in [1.82, 2.24) is 9.55 Å². The molecule has 0 unspecified atom stereocenters. The number of amides is 1. The fourth-order valence-corrected chi connectivity index (χ4v) is 3.10. The van der Waals surface area contributed by atoms with E-state index >= 15 is 0 Å². The predicted molar refractivity (Wildman–Crippen MR) is 73.8 cm³/mol. The van der Waals surface area contributed by atoms with Gasteiger partial charge in [-0.2, -0.15) is 0 Å². The molecule has 18 heavy (non-hydrogen) atoms. The molecular formula is C11H13N3O2S2. The van der Waals surface area contributed by atoms with Crippen LogP contribution < -0.4 is 10.2 Å². The Morgan fingerprint density at radius 2 is 1.94 bits per heavy atom. The first-order valence-corrected chi connectivity index (χ1v) is 6.95. The number of carbonyl (C=O) groups is 1. The van der Waals surface area contributed by atoms with Crippen molar-refractivity contribution in [3.05, 3.63) is 30.8 Å².